The SMILES string of the molecule is O=C(c1cc(C2CC2)on1)N1[C@H]2CC[C@H]1c1cccnc1C2. The molecule has 1 saturated heterocycles. The molecule has 5 nitrogen and oxygen atoms in total. The Labute approximate surface area is 128 Å². The summed E-state index contributed by atoms with van der Waals surface area (Å²) in [7, 11) is 0. The van der Waals surface area contributed by atoms with Crippen LogP contribution in [0.4, 0.5) is 0 Å². The second-order valence-corrected chi connectivity index (χ2v) is 6.59. The Bertz CT molecular complexity index is 750. The molecule has 5 heteroatoms. The van der Waals surface area contributed by atoms with Crippen molar-refractivity contribution in [1.82, 2.24) is 15.0 Å². The molecule has 4 heterocycles. The lowest BCUT2D eigenvalue weighted by molar-refractivity contribution is 0.0633. The molecule has 2 aromatic rings. The van der Waals surface area contributed by atoms with Crippen molar-refractivity contribution in [2.75, 3.05) is 0 Å². The van der Waals surface area contributed by atoms with E-state index in [4.69, 9.17) is 4.52 Å². The van der Waals surface area contributed by atoms with E-state index in [0.717, 1.165) is 43.6 Å². The average Bonchev–Trinajstić information content (AvgIpc) is 3.19. The van der Waals surface area contributed by atoms with Gasteiger partial charge in [0.25, 0.3) is 5.91 Å². The standard InChI is InChI=1S/C17H17N3O2/c21-17(14-9-16(22-19-14)10-3-4-10)20-11-5-6-15(20)12-2-1-7-18-13(12)8-11/h1-2,7,9-11,15H,3-6,8H2/t11-,15-/m0/s1. The molecule has 5 rings (SSSR count). The number of hydrogen-bond acceptors (Lipinski definition) is 4. The topological polar surface area (TPSA) is 59.2 Å². The maximum absolute atomic E-state index is 12.9. The van der Waals surface area contributed by atoms with E-state index in [2.05, 4.69) is 16.2 Å². The molecule has 0 spiro atoms. The van der Waals surface area contributed by atoms with Gasteiger partial charge in [-0.25, -0.2) is 0 Å². The van der Waals surface area contributed by atoms with Gasteiger partial charge in [-0.1, -0.05) is 11.2 Å². The van der Waals surface area contributed by atoms with Crippen molar-refractivity contribution >= 4 is 5.91 Å². The summed E-state index contributed by atoms with van der Waals surface area (Å²) in [5.41, 5.74) is 2.82. The number of aromatic nitrogens is 2. The number of rotatable bonds is 2. The molecule has 0 aromatic carbocycles. The molecule has 112 valence electrons. The third-order valence-corrected chi connectivity index (χ3v) is 5.18. The molecule has 2 atom stereocenters. The first-order chi connectivity index (χ1) is 10.8. The Morgan fingerprint density at radius 1 is 1.27 bits per heavy atom. The fourth-order valence-corrected chi connectivity index (χ4v) is 3.93. The summed E-state index contributed by atoms with van der Waals surface area (Å²) >= 11 is 0. The highest BCUT2D eigenvalue weighted by Crippen LogP contribution is 2.44. The highest BCUT2D eigenvalue weighted by Gasteiger charge is 2.44. The molecule has 3 aliphatic rings. The minimum absolute atomic E-state index is 0.0117. The first-order valence-corrected chi connectivity index (χ1v) is 8.04. The van der Waals surface area contributed by atoms with E-state index in [1.165, 1.54) is 5.56 Å². The number of amides is 1. The molecule has 2 bridgehead atoms. The molecule has 1 amide bonds. The molecule has 22 heavy (non-hydrogen) atoms. The Morgan fingerprint density at radius 2 is 2.18 bits per heavy atom. The Hall–Kier alpha value is -2.17. The van der Waals surface area contributed by atoms with Crippen LogP contribution in [0.25, 0.3) is 0 Å². The number of carbonyl (C=O) groups is 1. The summed E-state index contributed by atoms with van der Waals surface area (Å²) in [6, 6.07) is 6.31. The van der Waals surface area contributed by atoms with Crippen LogP contribution in [0.3, 0.4) is 0 Å². The zero-order chi connectivity index (χ0) is 14.7. The Morgan fingerprint density at radius 3 is 3.05 bits per heavy atom. The van der Waals surface area contributed by atoms with Crippen molar-refractivity contribution in [1.29, 1.82) is 0 Å². The Kier molecular flexibility index (Phi) is 2.48. The monoisotopic (exact) mass is 295 g/mol. The molecule has 2 aliphatic heterocycles. The summed E-state index contributed by atoms with van der Waals surface area (Å²) in [6.45, 7) is 0. The van der Waals surface area contributed by atoms with Gasteiger partial charge in [0.2, 0.25) is 0 Å². The summed E-state index contributed by atoms with van der Waals surface area (Å²) in [5.74, 6) is 1.37. The van der Waals surface area contributed by atoms with Crippen molar-refractivity contribution in [2.24, 2.45) is 0 Å². The van der Waals surface area contributed by atoms with E-state index >= 15 is 0 Å². The number of fused-ring (bicyclic) bond motifs is 4. The van der Waals surface area contributed by atoms with E-state index in [0.29, 0.717) is 11.6 Å². The number of pyridine rings is 1. The van der Waals surface area contributed by atoms with E-state index in [9.17, 15) is 4.79 Å². The van der Waals surface area contributed by atoms with Crippen LogP contribution in [0, 0.1) is 0 Å². The Balaban J connectivity index is 1.48. The summed E-state index contributed by atoms with van der Waals surface area (Å²) in [5, 5.41) is 4.02. The molecule has 0 radical (unpaired) electrons. The number of hydrogen-bond donors (Lipinski definition) is 0. The van der Waals surface area contributed by atoms with Crippen LogP contribution in [0.15, 0.2) is 28.9 Å². The molecular weight excluding hydrogens is 278 g/mol. The van der Waals surface area contributed by atoms with Gasteiger partial charge in [-0.15, -0.1) is 0 Å². The predicted molar refractivity (Wildman–Crippen MR) is 78.4 cm³/mol. The molecule has 0 unspecified atom stereocenters. The van der Waals surface area contributed by atoms with E-state index in [-0.39, 0.29) is 18.0 Å². The van der Waals surface area contributed by atoms with Crippen molar-refractivity contribution in [3.63, 3.8) is 0 Å². The maximum atomic E-state index is 12.9. The van der Waals surface area contributed by atoms with Gasteiger partial charge >= 0.3 is 0 Å². The van der Waals surface area contributed by atoms with Crippen LogP contribution in [0.2, 0.25) is 0 Å². The lowest BCUT2D eigenvalue weighted by Gasteiger charge is -2.35. The summed E-state index contributed by atoms with van der Waals surface area (Å²) < 4.78 is 5.35. The van der Waals surface area contributed by atoms with Gasteiger partial charge in [-0.3, -0.25) is 9.78 Å². The summed E-state index contributed by atoms with van der Waals surface area (Å²) in [6.07, 6.45) is 7.05. The molecule has 0 N–H and O–H groups in total. The van der Waals surface area contributed by atoms with Crippen molar-refractivity contribution in [3.05, 3.63) is 47.1 Å². The largest absolute Gasteiger partial charge is 0.360 e. The fourth-order valence-electron chi connectivity index (χ4n) is 3.93. The van der Waals surface area contributed by atoms with Gasteiger partial charge in [0.1, 0.15) is 5.76 Å². The maximum Gasteiger partial charge on any atom is 0.276 e. The lowest BCUT2D eigenvalue weighted by Crippen LogP contribution is -2.42. The van der Waals surface area contributed by atoms with Gasteiger partial charge in [-0.05, 0) is 37.3 Å². The zero-order valence-corrected chi connectivity index (χ0v) is 12.2. The second-order valence-electron chi connectivity index (χ2n) is 6.59. The van der Waals surface area contributed by atoms with Gasteiger partial charge in [0, 0.05) is 36.3 Å². The lowest BCUT2D eigenvalue weighted by atomic mass is 9.97. The predicted octanol–water partition coefficient (Wildman–Crippen LogP) is 2.85. The van der Waals surface area contributed by atoms with E-state index < -0.39 is 0 Å². The van der Waals surface area contributed by atoms with Gasteiger partial charge in [0.15, 0.2) is 5.69 Å². The minimum atomic E-state index is 0.0117. The number of nitrogens with zero attached hydrogens (tertiary/aromatic N) is 3. The van der Waals surface area contributed by atoms with Crippen LogP contribution in [-0.2, 0) is 6.42 Å². The second kappa shape index (κ2) is 4.41. The van der Waals surface area contributed by atoms with Gasteiger partial charge in [0.05, 0.1) is 6.04 Å². The van der Waals surface area contributed by atoms with E-state index in [1.807, 2.05) is 23.2 Å². The molecule has 2 fully saturated rings. The van der Waals surface area contributed by atoms with Crippen LogP contribution >= 0.6 is 0 Å². The molecule has 1 saturated carbocycles. The van der Waals surface area contributed by atoms with Gasteiger partial charge < -0.3 is 9.42 Å². The van der Waals surface area contributed by atoms with Crippen molar-refractivity contribution in [2.45, 2.75) is 50.1 Å². The fraction of sp³-hybridized carbons (Fsp3) is 0.471. The zero-order valence-electron chi connectivity index (χ0n) is 12.2. The minimum Gasteiger partial charge on any atom is -0.360 e. The van der Waals surface area contributed by atoms with Crippen LogP contribution in [0.5, 0.6) is 0 Å². The molecule has 1 aliphatic carbocycles. The first kappa shape index (κ1) is 12.4. The van der Waals surface area contributed by atoms with Crippen molar-refractivity contribution < 1.29 is 9.32 Å². The van der Waals surface area contributed by atoms with Crippen LogP contribution in [0.1, 0.15) is 65.1 Å². The normalized spacial score (nSPS) is 26.1. The molecule has 2 aromatic heterocycles. The molecular formula is C17H17N3O2. The van der Waals surface area contributed by atoms with Crippen molar-refractivity contribution in [3.8, 4) is 0 Å². The average molecular weight is 295 g/mol. The number of carbonyl (C=O) groups excluding carboxylic acids is 1. The third kappa shape index (κ3) is 1.74. The third-order valence-electron chi connectivity index (χ3n) is 5.18. The highest BCUT2D eigenvalue weighted by molar-refractivity contribution is 5.93. The van der Waals surface area contributed by atoms with Crippen LogP contribution in [-0.4, -0.2) is 27.0 Å². The van der Waals surface area contributed by atoms with Crippen LogP contribution < -0.4 is 0 Å². The smallest absolute Gasteiger partial charge is 0.276 e. The quantitative estimate of drug-likeness (QED) is 0.854. The highest BCUT2D eigenvalue weighted by atomic mass is 16.5. The summed E-state index contributed by atoms with van der Waals surface area (Å²) in [4.78, 5) is 19.4. The van der Waals surface area contributed by atoms with E-state index in [1.54, 1.807) is 0 Å². The first-order valence-electron chi connectivity index (χ1n) is 8.04. The van der Waals surface area contributed by atoms with Gasteiger partial charge in [-0.2, -0.15) is 0 Å².